The summed E-state index contributed by atoms with van der Waals surface area (Å²) in [5, 5.41) is 9.63. The number of imidazole rings is 1. The van der Waals surface area contributed by atoms with Gasteiger partial charge in [0.15, 0.2) is 0 Å². The summed E-state index contributed by atoms with van der Waals surface area (Å²) in [4.78, 5) is 27.1. The van der Waals surface area contributed by atoms with E-state index in [1.807, 2.05) is 72.8 Å². The third kappa shape index (κ3) is 5.02. The molecule has 220 valence electrons. The van der Waals surface area contributed by atoms with Gasteiger partial charge < -0.3 is 19.1 Å². The van der Waals surface area contributed by atoms with Crippen molar-refractivity contribution in [1.82, 2.24) is 19.5 Å². The summed E-state index contributed by atoms with van der Waals surface area (Å²) in [6.07, 6.45) is 5.69. The highest BCUT2D eigenvalue weighted by Crippen LogP contribution is 2.38. The highest BCUT2D eigenvalue weighted by atomic mass is 16.5. The van der Waals surface area contributed by atoms with Crippen LogP contribution in [-0.2, 0) is 0 Å². The Kier molecular flexibility index (Phi) is 7.18. The quantitative estimate of drug-likeness (QED) is 0.202. The van der Waals surface area contributed by atoms with Crippen LogP contribution in [0.4, 0.5) is 0 Å². The van der Waals surface area contributed by atoms with Gasteiger partial charge in [-0.25, -0.2) is 19.7 Å². The van der Waals surface area contributed by atoms with Gasteiger partial charge in [-0.2, -0.15) is 0 Å². The molecule has 0 radical (unpaired) electrons. The van der Waals surface area contributed by atoms with Gasteiger partial charge in [0.2, 0.25) is 0 Å². The Labute approximate surface area is 255 Å². The van der Waals surface area contributed by atoms with Crippen LogP contribution in [0.15, 0.2) is 84.9 Å². The van der Waals surface area contributed by atoms with Gasteiger partial charge in [0, 0.05) is 22.7 Å². The van der Waals surface area contributed by atoms with Crippen LogP contribution in [0.25, 0.3) is 56.0 Å². The Morgan fingerprint density at radius 3 is 2.00 bits per heavy atom. The predicted octanol–water partition coefficient (Wildman–Crippen LogP) is 8.20. The molecule has 7 rings (SSSR count). The van der Waals surface area contributed by atoms with E-state index in [4.69, 9.17) is 24.4 Å². The first-order valence-electron chi connectivity index (χ1n) is 14.9. The Morgan fingerprint density at radius 2 is 1.36 bits per heavy atom. The molecular weight excluding hydrogens is 552 g/mol. The molecule has 0 amide bonds. The summed E-state index contributed by atoms with van der Waals surface area (Å²) in [6.45, 7) is 0. The Bertz CT molecular complexity index is 2030. The van der Waals surface area contributed by atoms with E-state index in [1.54, 1.807) is 26.4 Å². The van der Waals surface area contributed by atoms with Crippen molar-refractivity contribution >= 4 is 28.0 Å². The number of benzene rings is 4. The smallest absolute Gasteiger partial charge is 0.335 e. The van der Waals surface area contributed by atoms with Crippen LogP contribution >= 0.6 is 0 Å². The van der Waals surface area contributed by atoms with Crippen molar-refractivity contribution in [2.45, 2.75) is 38.1 Å². The van der Waals surface area contributed by atoms with E-state index in [2.05, 4.69) is 4.57 Å². The van der Waals surface area contributed by atoms with E-state index in [9.17, 15) is 9.90 Å². The number of methoxy groups -OCH3 is 2. The van der Waals surface area contributed by atoms with Crippen LogP contribution in [-0.4, -0.2) is 44.8 Å². The van der Waals surface area contributed by atoms with Gasteiger partial charge >= 0.3 is 5.97 Å². The van der Waals surface area contributed by atoms with Gasteiger partial charge in [0.05, 0.1) is 53.2 Å². The molecule has 0 saturated heterocycles. The molecule has 0 bridgehead atoms. The van der Waals surface area contributed by atoms with Crippen LogP contribution in [0.3, 0.4) is 0 Å². The van der Waals surface area contributed by atoms with Crippen molar-refractivity contribution in [3.63, 3.8) is 0 Å². The average molecular weight is 585 g/mol. The molecule has 8 nitrogen and oxygen atoms in total. The molecular formula is C36H32N4O4. The molecule has 0 spiro atoms. The highest BCUT2D eigenvalue weighted by Gasteiger charge is 2.24. The van der Waals surface area contributed by atoms with Crippen molar-refractivity contribution < 1.29 is 19.4 Å². The van der Waals surface area contributed by atoms with Crippen LogP contribution in [0.5, 0.6) is 11.5 Å². The van der Waals surface area contributed by atoms with Crippen LogP contribution in [0.1, 0.15) is 48.5 Å². The molecule has 1 N–H and O–H groups in total. The molecule has 1 aliphatic carbocycles. The first-order chi connectivity index (χ1) is 21.5. The molecule has 8 heteroatoms. The third-order valence-corrected chi connectivity index (χ3v) is 8.49. The summed E-state index contributed by atoms with van der Waals surface area (Å²) in [5.74, 6) is 1.33. The summed E-state index contributed by atoms with van der Waals surface area (Å²) in [6, 6.07) is 27.3. The van der Waals surface area contributed by atoms with Gasteiger partial charge in [-0.15, -0.1) is 0 Å². The standard InChI is InChI=1S/C36H32N4O4/c1-43-27-12-6-8-22(18-27)33-34(23-9-7-13-28(19-23)44-2)38-30-20-24(14-16-29(30)37-33)35-39-31-21-25(36(41)42)15-17-32(31)40(35)26-10-4-3-5-11-26/h6-9,12-21,26H,3-5,10-11H2,1-2H3,(H,41,42). The number of aromatic carboxylic acids is 1. The molecule has 0 unspecified atom stereocenters. The van der Waals surface area contributed by atoms with Crippen LogP contribution in [0, 0.1) is 0 Å². The minimum absolute atomic E-state index is 0.231. The topological polar surface area (TPSA) is 99.4 Å². The fourth-order valence-corrected chi connectivity index (χ4v) is 6.28. The normalized spacial score (nSPS) is 13.8. The number of ether oxygens (including phenoxy) is 2. The van der Waals surface area contributed by atoms with Crippen molar-refractivity contribution in [2.24, 2.45) is 0 Å². The number of aromatic nitrogens is 4. The number of rotatable bonds is 7. The monoisotopic (exact) mass is 584 g/mol. The number of carboxylic acids is 1. The van der Waals surface area contributed by atoms with Gasteiger partial charge in [0.25, 0.3) is 0 Å². The summed E-state index contributed by atoms with van der Waals surface area (Å²) >= 11 is 0. The Balaban J connectivity index is 1.43. The van der Waals surface area contributed by atoms with Gasteiger partial charge in [-0.1, -0.05) is 43.5 Å². The number of carbonyl (C=O) groups is 1. The van der Waals surface area contributed by atoms with Gasteiger partial charge in [-0.3, -0.25) is 0 Å². The van der Waals surface area contributed by atoms with Gasteiger partial charge in [0.1, 0.15) is 17.3 Å². The lowest BCUT2D eigenvalue weighted by molar-refractivity contribution is 0.0697. The van der Waals surface area contributed by atoms with E-state index < -0.39 is 5.97 Å². The fraction of sp³-hybridized carbons (Fsp3) is 0.222. The van der Waals surface area contributed by atoms with Crippen molar-refractivity contribution in [3.05, 3.63) is 90.5 Å². The second-order valence-corrected chi connectivity index (χ2v) is 11.2. The SMILES string of the molecule is COc1cccc(-c2nc3ccc(-c4nc5cc(C(=O)O)ccc5n4C4CCCCC4)cc3nc2-c2cccc(OC)c2)c1. The molecule has 0 atom stereocenters. The average Bonchev–Trinajstić information content (AvgIpc) is 3.47. The van der Waals surface area contributed by atoms with Gasteiger partial charge in [-0.05, 0) is 73.5 Å². The molecule has 1 saturated carbocycles. The Hall–Kier alpha value is -5.24. The number of hydrogen-bond donors (Lipinski definition) is 1. The molecule has 2 aromatic heterocycles. The largest absolute Gasteiger partial charge is 0.497 e. The zero-order chi connectivity index (χ0) is 30.2. The van der Waals surface area contributed by atoms with E-state index >= 15 is 0 Å². The van der Waals surface area contributed by atoms with E-state index in [-0.39, 0.29) is 5.56 Å². The molecule has 0 aliphatic heterocycles. The number of hydrogen-bond acceptors (Lipinski definition) is 6. The maximum Gasteiger partial charge on any atom is 0.335 e. The highest BCUT2D eigenvalue weighted by molar-refractivity contribution is 5.94. The van der Waals surface area contributed by atoms with Crippen LogP contribution < -0.4 is 9.47 Å². The molecule has 44 heavy (non-hydrogen) atoms. The summed E-state index contributed by atoms with van der Waals surface area (Å²) in [7, 11) is 3.30. The lowest BCUT2D eigenvalue weighted by atomic mass is 9.94. The lowest BCUT2D eigenvalue weighted by Gasteiger charge is -2.25. The Morgan fingerprint density at radius 1 is 0.705 bits per heavy atom. The number of nitrogens with zero attached hydrogens (tertiary/aromatic N) is 4. The van der Waals surface area contributed by atoms with E-state index in [0.717, 1.165) is 87.6 Å². The maximum atomic E-state index is 11.7. The zero-order valence-electron chi connectivity index (χ0n) is 24.7. The van der Waals surface area contributed by atoms with Crippen molar-refractivity contribution in [2.75, 3.05) is 14.2 Å². The molecule has 2 heterocycles. The number of fused-ring (bicyclic) bond motifs is 2. The first kappa shape index (κ1) is 27.6. The van der Waals surface area contributed by atoms with E-state index in [0.29, 0.717) is 11.6 Å². The zero-order valence-corrected chi connectivity index (χ0v) is 24.7. The van der Waals surface area contributed by atoms with Crippen LogP contribution in [0.2, 0.25) is 0 Å². The minimum Gasteiger partial charge on any atom is -0.497 e. The minimum atomic E-state index is -0.960. The predicted molar refractivity (Wildman–Crippen MR) is 171 cm³/mol. The maximum absolute atomic E-state index is 11.7. The van der Waals surface area contributed by atoms with Crippen molar-refractivity contribution in [1.29, 1.82) is 0 Å². The van der Waals surface area contributed by atoms with E-state index in [1.165, 1.54) is 6.42 Å². The van der Waals surface area contributed by atoms with Crippen molar-refractivity contribution in [3.8, 4) is 45.4 Å². The molecule has 6 aromatic rings. The number of carboxylic acid groups (broad SMARTS) is 1. The first-order valence-corrected chi connectivity index (χ1v) is 14.9. The third-order valence-electron chi connectivity index (χ3n) is 8.49. The molecule has 4 aromatic carbocycles. The fourth-order valence-electron chi connectivity index (χ4n) is 6.28. The molecule has 1 fully saturated rings. The summed E-state index contributed by atoms with van der Waals surface area (Å²) in [5.41, 5.74) is 7.53. The second-order valence-electron chi connectivity index (χ2n) is 11.2. The molecule has 1 aliphatic rings. The summed E-state index contributed by atoms with van der Waals surface area (Å²) < 4.78 is 13.3. The second kappa shape index (κ2) is 11.4. The lowest BCUT2D eigenvalue weighted by Crippen LogP contribution is -2.14.